The fourth-order valence-electron chi connectivity index (χ4n) is 1.43. The Kier molecular flexibility index (Phi) is 5.35. The molecule has 0 aliphatic heterocycles. The Bertz CT molecular complexity index is 334. The molecule has 0 unspecified atom stereocenters. The van der Waals surface area contributed by atoms with E-state index >= 15 is 0 Å². The minimum Gasteiger partial charge on any atom is -0.448 e. The lowest BCUT2D eigenvalue weighted by Crippen LogP contribution is -2.37. The van der Waals surface area contributed by atoms with E-state index in [0.29, 0.717) is 18.3 Å². The highest BCUT2D eigenvalue weighted by atomic mass is 35.5. The summed E-state index contributed by atoms with van der Waals surface area (Å²) in [6.07, 6.45) is 0. The minimum absolute atomic E-state index is 0.0997. The molecular formula is C11H17ClN2O2. The molecule has 90 valence electrons. The van der Waals surface area contributed by atoms with E-state index in [9.17, 15) is 4.79 Å². The van der Waals surface area contributed by atoms with Crippen molar-refractivity contribution < 1.29 is 9.21 Å². The van der Waals surface area contributed by atoms with Gasteiger partial charge in [0.15, 0.2) is 5.22 Å². The van der Waals surface area contributed by atoms with Gasteiger partial charge >= 0.3 is 0 Å². The average molecular weight is 245 g/mol. The van der Waals surface area contributed by atoms with Crippen LogP contribution in [0, 0.1) is 0 Å². The second-order valence-electron chi connectivity index (χ2n) is 3.38. The van der Waals surface area contributed by atoms with E-state index in [2.05, 4.69) is 5.32 Å². The van der Waals surface area contributed by atoms with Crippen molar-refractivity contribution in [3.63, 3.8) is 0 Å². The first-order valence-corrected chi connectivity index (χ1v) is 5.77. The molecule has 0 atom stereocenters. The molecule has 0 fully saturated rings. The Labute approximate surface area is 101 Å². The Morgan fingerprint density at radius 2 is 2.12 bits per heavy atom. The second-order valence-corrected chi connectivity index (χ2v) is 3.75. The fraction of sp³-hybridized carbons (Fsp3) is 0.545. The Morgan fingerprint density at radius 1 is 1.44 bits per heavy atom. The molecule has 0 radical (unpaired) electrons. The van der Waals surface area contributed by atoms with Gasteiger partial charge in [-0.25, -0.2) is 0 Å². The lowest BCUT2D eigenvalue weighted by atomic mass is 10.4. The van der Waals surface area contributed by atoms with Gasteiger partial charge in [0.05, 0.1) is 13.1 Å². The maximum Gasteiger partial charge on any atom is 0.236 e. The van der Waals surface area contributed by atoms with Crippen LogP contribution in [-0.2, 0) is 11.3 Å². The summed E-state index contributed by atoms with van der Waals surface area (Å²) in [5.74, 6) is 0.833. The molecule has 1 aromatic heterocycles. The molecule has 1 heterocycles. The maximum atomic E-state index is 11.6. The fourth-order valence-corrected chi connectivity index (χ4v) is 1.59. The van der Waals surface area contributed by atoms with Gasteiger partial charge in [-0.15, -0.1) is 0 Å². The molecule has 1 rings (SSSR count). The summed E-state index contributed by atoms with van der Waals surface area (Å²) >= 11 is 5.63. The van der Waals surface area contributed by atoms with Gasteiger partial charge in [-0.05, 0) is 37.6 Å². The number of amides is 1. The van der Waals surface area contributed by atoms with Crippen LogP contribution in [0.25, 0.3) is 0 Å². The molecule has 0 aromatic carbocycles. The highest BCUT2D eigenvalue weighted by Crippen LogP contribution is 2.12. The summed E-state index contributed by atoms with van der Waals surface area (Å²) in [5, 5.41) is 3.39. The number of halogens is 1. The number of nitrogens with zero attached hydrogens (tertiary/aromatic N) is 1. The number of hydrogen-bond donors (Lipinski definition) is 1. The van der Waals surface area contributed by atoms with Crippen molar-refractivity contribution in [2.24, 2.45) is 0 Å². The smallest absolute Gasteiger partial charge is 0.236 e. The summed E-state index contributed by atoms with van der Waals surface area (Å²) < 4.78 is 5.16. The molecule has 5 heteroatoms. The molecule has 1 N–H and O–H groups in total. The standard InChI is InChI=1S/C11H17ClN2O2/c1-3-14(4-2)11(15)8-13-7-9-5-6-10(12)16-9/h5-6,13H,3-4,7-8H2,1-2H3. The van der Waals surface area contributed by atoms with Crippen LogP contribution in [0.5, 0.6) is 0 Å². The quantitative estimate of drug-likeness (QED) is 0.831. The molecule has 1 amide bonds. The van der Waals surface area contributed by atoms with E-state index in [1.165, 1.54) is 0 Å². The number of nitrogens with one attached hydrogen (secondary N) is 1. The lowest BCUT2D eigenvalue weighted by molar-refractivity contribution is -0.129. The largest absolute Gasteiger partial charge is 0.448 e. The predicted molar refractivity (Wildman–Crippen MR) is 63.4 cm³/mol. The molecule has 4 nitrogen and oxygen atoms in total. The summed E-state index contributed by atoms with van der Waals surface area (Å²) in [6, 6.07) is 3.47. The van der Waals surface area contributed by atoms with Crippen molar-refractivity contribution in [3.05, 3.63) is 23.1 Å². The van der Waals surface area contributed by atoms with Crippen LogP contribution >= 0.6 is 11.6 Å². The molecule has 16 heavy (non-hydrogen) atoms. The van der Waals surface area contributed by atoms with E-state index in [1.807, 2.05) is 13.8 Å². The van der Waals surface area contributed by atoms with E-state index < -0.39 is 0 Å². The third-order valence-electron chi connectivity index (χ3n) is 2.32. The number of hydrogen-bond acceptors (Lipinski definition) is 3. The van der Waals surface area contributed by atoms with E-state index in [4.69, 9.17) is 16.0 Å². The van der Waals surface area contributed by atoms with Crippen molar-refractivity contribution in [3.8, 4) is 0 Å². The van der Waals surface area contributed by atoms with Crippen molar-refractivity contribution in [1.82, 2.24) is 10.2 Å². The van der Waals surface area contributed by atoms with Crippen LogP contribution in [0.15, 0.2) is 16.5 Å². The maximum absolute atomic E-state index is 11.6. The van der Waals surface area contributed by atoms with Gasteiger partial charge in [-0.3, -0.25) is 4.79 Å². The number of likely N-dealkylation sites (N-methyl/N-ethyl adjacent to an activating group) is 1. The summed E-state index contributed by atoms with van der Waals surface area (Å²) in [4.78, 5) is 13.4. The highest BCUT2D eigenvalue weighted by molar-refractivity contribution is 6.28. The van der Waals surface area contributed by atoms with Gasteiger partial charge in [-0.2, -0.15) is 0 Å². The third-order valence-corrected chi connectivity index (χ3v) is 2.52. The van der Waals surface area contributed by atoms with Crippen LogP contribution in [-0.4, -0.2) is 30.4 Å². The normalized spacial score (nSPS) is 10.4. The van der Waals surface area contributed by atoms with Crippen LogP contribution < -0.4 is 5.32 Å². The molecule has 0 saturated carbocycles. The first kappa shape index (κ1) is 13.1. The minimum atomic E-state index is 0.0997. The topological polar surface area (TPSA) is 45.5 Å². The number of furan rings is 1. The lowest BCUT2D eigenvalue weighted by Gasteiger charge is -2.18. The van der Waals surface area contributed by atoms with Gasteiger partial charge < -0.3 is 14.6 Å². The number of carbonyl (C=O) groups excluding carboxylic acids is 1. The first-order chi connectivity index (χ1) is 7.67. The molecule has 1 aromatic rings. The monoisotopic (exact) mass is 244 g/mol. The van der Waals surface area contributed by atoms with Crippen molar-refractivity contribution in [1.29, 1.82) is 0 Å². The van der Waals surface area contributed by atoms with E-state index in [1.54, 1.807) is 17.0 Å². The molecular weight excluding hydrogens is 228 g/mol. The predicted octanol–water partition coefficient (Wildman–Crippen LogP) is 1.89. The number of carbonyl (C=O) groups is 1. The summed E-state index contributed by atoms with van der Waals surface area (Å²) in [7, 11) is 0. The van der Waals surface area contributed by atoms with Crippen LogP contribution in [0.2, 0.25) is 5.22 Å². The van der Waals surface area contributed by atoms with Crippen molar-refractivity contribution >= 4 is 17.5 Å². The SMILES string of the molecule is CCN(CC)C(=O)CNCc1ccc(Cl)o1. The Morgan fingerprint density at radius 3 is 2.62 bits per heavy atom. The summed E-state index contributed by atoms with van der Waals surface area (Å²) in [6.45, 7) is 6.24. The molecule has 0 spiro atoms. The molecule has 0 bridgehead atoms. The average Bonchev–Trinajstić information content (AvgIpc) is 2.66. The number of rotatable bonds is 6. The van der Waals surface area contributed by atoms with Gasteiger partial charge in [0, 0.05) is 13.1 Å². The van der Waals surface area contributed by atoms with Crippen LogP contribution in [0.4, 0.5) is 0 Å². The summed E-state index contributed by atoms with van der Waals surface area (Å²) in [5.41, 5.74) is 0. The zero-order valence-electron chi connectivity index (χ0n) is 9.62. The second kappa shape index (κ2) is 6.55. The van der Waals surface area contributed by atoms with Crippen molar-refractivity contribution in [2.45, 2.75) is 20.4 Å². The van der Waals surface area contributed by atoms with Gasteiger partial charge in [-0.1, -0.05) is 0 Å². The Hall–Kier alpha value is -1.00. The molecule has 0 aliphatic carbocycles. The zero-order valence-corrected chi connectivity index (χ0v) is 10.4. The first-order valence-electron chi connectivity index (χ1n) is 5.40. The molecule has 0 saturated heterocycles. The van der Waals surface area contributed by atoms with Gasteiger partial charge in [0.2, 0.25) is 5.91 Å². The van der Waals surface area contributed by atoms with Crippen LogP contribution in [0.1, 0.15) is 19.6 Å². The van der Waals surface area contributed by atoms with Gasteiger partial charge in [0.25, 0.3) is 0 Å². The highest BCUT2D eigenvalue weighted by Gasteiger charge is 2.08. The van der Waals surface area contributed by atoms with Crippen molar-refractivity contribution in [2.75, 3.05) is 19.6 Å². The third kappa shape index (κ3) is 3.87. The molecule has 0 aliphatic rings. The van der Waals surface area contributed by atoms with E-state index in [-0.39, 0.29) is 5.91 Å². The van der Waals surface area contributed by atoms with E-state index in [0.717, 1.165) is 18.8 Å². The van der Waals surface area contributed by atoms with Crippen LogP contribution in [0.3, 0.4) is 0 Å². The van der Waals surface area contributed by atoms with Gasteiger partial charge in [0.1, 0.15) is 5.76 Å². The Balaban J connectivity index is 2.27. The zero-order chi connectivity index (χ0) is 12.0.